The molecule has 0 fully saturated rings. The highest BCUT2D eigenvalue weighted by Crippen LogP contribution is 2.21. The molecule has 2 N–H and O–H groups in total. The lowest BCUT2D eigenvalue weighted by molar-refractivity contribution is 0.0698. The monoisotopic (exact) mass is 419 g/mol. The van der Waals surface area contributed by atoms with E-state index in [4.69, 9.17) is 16.7 Å². The van der Waals surface area contributed by atoms with Crippen molar-refractivity contribution in [2.24, 2.45) is 0 Å². The molecule has 0 saturated carbocycles. The highest BCUT2D eigenvalue weighted by molar-refractivity contribution is 14.1. The van der Waals surface area contributed by atoms with Crippen molar-refractivity contribution in [2.75, 3.05) is 5.32 Å². The molecule has 0 heterocycles. The second-order valence-corrected chi connectivity index (χ2v) is 5.73. The summed E-state index contributed by atoms with van der Waals surface area (Å²) in [5.41, 5.74) is 0.153. The Kier molecular flexibility index (Phi) is 4.79. The van der Waals surface area contributed by atoms with Crippen LogP contribution in [0, 0.1) is 9.39 Å². The van der Waals surface area contributed by atoms with Gasteiger partial charge in [0.15, 0.2) is 0 Å². The van der Waals surface area contributed by atoms with Crippen LogP contribution >= 0.6 is 34.2 Å². The van der Waals surface area contributed by atoms with Crippen molar-refractivity contribution in [1.29, 1.82) is 0 Å². The van der Waals surface area contributed by atoms with E-state index in [9.17, 15) is 14.0 Å². The maximum atomic E-state index is 13.3. The molecule has 0 spiro atoms. The molecule has 0 radical (unpaired) electrons. The van der Waals surface area contributed by atoms with E-state index in [2.05, 4.69) is 5.32 Å². The SMILES string of the molecule is O=C(Nc1ccc(I)cc1C(=O)O)c1ccc(Cl)c(F)c1. The third-order valence-corrected chi connectivity index (χ3v) is 3.62. The summed E-state index contributed by atoms with van der Waals surface area (Å²) in [4.78, 5) is 23.2. The third-order valence-electron chi connectivity index (χ3n) is 2.64. The summed E-state index contributed by atoms with van der Waals surface area (Å²) >= 11 is 7.51. The van der Waals surface area contributed by atoms with E-state index >= 15 is 0 Å². The number of rotatable bonds is 3. The molecule has 108 valence electrons. The molecule has 0 bridgehead atoms. The molecule has 4 nitrogen and oxygen atoms in total. The fraction of sp³-hybridized carbons (Fsp3) is 0. The van der Waals surface area contributed by atoms with Gasteiger partial charge < -0.3 is 10.4 Å². The average Bonchev–Trinajstić information content (AvgIpc) is 2.43. The number of carboxylic acid groups (broad SMARTS) is 1. The minimum absolute atomic E-state index is 0.0373. The third kappa shape index (κ3) is 3.70. The predicted octanol–water partition coefficient (Wildman–Crippen LogP) is 4.03. The summed E-state index contributed by atoms with van der Waals surface area (Å²) < 4.78 is 14.1. The van der Waals surface area contributed by atoms with Gasteiger partial charge in [0.25, 0.3) is 5.91 Å². The number of carbonyl (C=O) groups is 2. The van der Waals surface area contributed by atoms with Crippen molar-refractivity contribution < 1.29 is 19.1 Å². The zero-order valence-corrected chi connectivity index (χ0v) is 13.3. The highest BCUT2D eigenvalue weighted by atomic mass is 127. The topological polar surface area (TPSA) is 66.4 Å². The normalized spacial score (nSPS) is 10.2. The van der Waals surface area contributed by atoms with Gasteiger partial charge in [-0.15, -0.1) is 0 Å². The van der Waals surface area contributed by atoms with Gasteiger partial charge in [-0.25, -0.2) is 9.18 Å². The van der Waals surface area contributed by atoms with Gasteiger partial charge >= 0.3 is 5.97 Å². The van der Waals surface area contributed by atoms with E-state index in [0.717, 1.165) is 9.64 Å². The summed E-state index contributed by atoms with van der Waals surface area (Å²) in [5.74, 6) is -2.49. The minimum atomic E-state index is -1.16. The van der Waals surface area contributed by atoms with Crippen LogP contribution in [-0.2, 0) is 0 Å². The molecule has 7 heteroatoms. The van der Waals surface area contributed by atoms with E-state index in [1.807, 2.05) is 22.6 Å². The lowest BCUT2D eigenvalue weighted by Gasteiger charge is -2.09. The molecule has 0 aromatic heterocycles. The summed E-state index contributed by atoms with van der Waals surface area (Å²) in [6.07, 6.45) is 0. The van der Waals surface area contributed by atoms with Crippen molar-refractivity contribution in [2.45, 2.75) is 0 Å². The van der Waals surface area contributed by atoms with Gasteiger partial charge in [0, 0.05) is 9.13 Å². The Bertz CT molecular complexity index is 736. The van der Waals surface area contributed by atoms with Crippen LogP contribution in [0.2, 0.25) is 5.02 Å². The van der Waals surface area contributed by atoms with E-state index in [1.54, 1.807) is 6.07 Å². The van der Waals surface area contributed by atoms with Crippen LogP contribution in [0.15, 0.2) is 36.4 Å². The molecule has 0 aliphatic rings. The van der Waals surface area contributed by atoms with Crippen LogP contribution in [-0.4, -0.2) is 17.0 Å². The van der Waals surface area contributed by atoms with Crippen LogP contribution in [0.25, 0.3) is 0 Å². The second kappa shape index (κ2) is 6.40. The number of hydrogen-bond donors (Lipinski definition) is 2. The molecule has 0 atom stereocenters. The summed E-state index contributed by atoms with van der Waals surface area (Å²) in [6.45, 7) is 0. The fourth-order valence-electron chi connectivity index (χ4n) is 1.63. The van der Waals surface area contributed by atoms with Crippen molar-refractivity contribution in [3.8, 4) is 0 Å². The lowest BCUT2D eigenvalue weighted by atomic mass is 10.1. The molecule has 2 rings (SSSR count). The molecule has 0 saturated heterocycles. The maximum Gasteiger partial charge on any atom is 0.337 e. The first-order chi connectivity index (χ1) is 9.88. The molecule has 0 unspecified atom stereocenters. The quantitative estimate of drug-likeness (QED) is 0.738. The maximum absolute atomic E-state index is 13.3. The number of halogens is 3. The molecule has 1 amide bonds. The Labute approximate surface area is 138 Å². The molecule has 2 aromatic rings. The Morgan fingerprint density at radius 3 is 2.52 bits per heavy atom. The van der Waals surface area contributed by atoms with Crippen LogP contribution in [0.1, 0.15) is 20.7 Å². The van der Waals surface area contributed by atoms with E-state index in [-0.39, 0.29) is 21.8 Å². The predicted molar refractivity (Wildman–Crippen MR) is 85.5 cm³/mol. The smallest absolute Gasteiger partial charge is 0.337 e. The molecule has 2 aromatic carbocycles. The second-order valence-electron chi connectivity index (χ2n) is 4.08. The van der Waals surface area contributed by atoms with Gasteiger partial charge in [-0.05, 0) is 59.0 Å². The number of amides is 1. The number of carbonyl (C=O) groups excluding carboxylic acids is 1. The van der Waals surface area contributed by atoms with Crippen LogP contribution in [0.4, 0.5) is 10.1 Å². The van der Waals surface area contributed by atoms with Crippen molar-refractivity contribution in [3.05, 3.63) is 61.9 Å². The van der Waals surface area contributed by atoms with Crippen molar-refractivity contribution >= 4 is 51.8 Å². The standard InChI is InChI=1S/C14H8ClFINO3/c15-10-3-1-7(5-11(10)16)13(19)18-12-4-2-8(17)6-9(12)14(20)21/h1-6H,(H,18,19)(H,20,21). The van der Waals surface area contributed by atoms with Gasteiger partial charge in [-0.2, -0.15) is 0 Å². The van der Waals surface area contributed by atoms with Gasteiger partial charge in [0.05, 0.1) is 16.3 Å². The number of aromatic carboxylic acids is 1. The number of nitrogens with one attached hydrogen (secondary N) is 1. The Balaban J connectivity index is 2.31. The molecule has 0 aliphatic heterocycles. The molecular formula is C14H8ClFINO3. The van der Waals surface area contributed by atoms with Gasteiger partial charge in [-0.1, -0.05) is 11.6 Å². The van der Waals surface area contributed by atoms with Crippen LogP contribution in [0.3, 0.4) is 0 Å². The zero-order valence-electron chi connectivity index (χ0n) is 10.4. The van der Waals surface area contributed by atoms with Gasteiger partial charge in [0.1, 0.15) is 5.82 Å². The Morgan fingerprint density at radius 2 is 1.90 bits per heavy atom. The number of carboxylic acids is 1. The first-order valence-corrected chi connectivity index (χ1v) is 7.13. The Morgan fingerprint density at radius 1 is 1.19 bits per heavy atom. The van der Waals surface area contributed by atoms with E-state index in [1.165, 1.54) is 24.3 Å². The summed E-state index contributed by atoms with van der Waals surface area (Å²) in [7, 11) is 0. The Hall–Kier alpha value is -1.67. The lowest BCUT2D eigenvalue weighted by Crippen LogP contribution is -2.15. The number of anilines is 1. The largest absolute Gasteiger partial charge is 0.478 e. The minimum Gasteiger partial charge on any atom is -0.478 e. The van der Waals surface area contributed by atoms with E-state index < -0.39 is 17.7 Å². The first kappa shape index (κ1) is 15.7. The summed E-state index contributed by atoms with van der Waals surface area (Å²) in [5, 5.41) is 11.5. The van der Waals surface area contributed by atoms with E-state index in [0.29, 0.717) is 0 Å². The highest BCUT2D eigenvalue weighted by Gasteiger charge is 2.15. The zero-order chi connectivity index (χ0) is 15.6. The van der Waals surface area contributed by atoms with Gasteiger partial charge in [-0.3, -0.25) is 4.79 Å². The average molecular weight is 420 g/mol. The number of hydrogen-bond acceptors (Lipinski definition) is 2. The van der Waals surface area contributed by atoms with Crippen molar-refractivity contribution in [1.82, 2.24) is 0 Å². The summed E-state index contributed by atoms with van der Waals surface area (Å²) in [6, 6.07) is 8.18. The van der Waals surface area contributed by atoms with Crippen molar-refractivity contribution in [3.63, 3.8) is 0 Å². The number of benzene rings is 2. The van der Waals surface area contributed by atoms with Gasteiger partial charge in [0.2, 0.25) is 0 Å². The fourth-order valence-corrected chi connectivity index (χ4v) is 2.24. The molecular weight excluding hydrogens is 412 g/mol. The molecule has 21 heavy (non-hydrogen) atoms. The first-order valence-electron chi connectivity index (χ1n) is 5.67. The van der Waals surface area contributed by atoms with Crippen LogP contribution < -0.4 is 5.32 Å². The molecule has 0 aliphatic carbocycles. The van der Waals surface area contributed by atoms with Crippen LogP contribution in [0.5, 0.6) is 0 Å².